The third-order valence-electron chi connectivity index (χ3n) is 1.71. The Balaban J connectivity index is 3.10. The number of carboxylic acids is 1. The van der Waals surface area contributed by atoms with Crippen molar-refractivity contribution in [2.45, 2.75) is 19.6 Å². The van der Waals surface area contributed by atoms with Gasteiger partial charge in [-0.3, -0.25) is 0 Å². The van der Waals surface area contributed by atoms with E-state index in [9.17, 15) is 4.79 Å². The van der Waals surface area contributed by atoms with Crippen LogP contribution >= 0.6 is 0 Å². The van der Waals surface area contributed by atoms with E-state index in [1.807, 2.05) is 19.6 Å². The Kier molecular flexibility index (Phi) is 3.04. The third kappa shape index (κ3) is 2.98. The molecule has 5 heteroatoms. The summed E-state index contributed by atoms with van der Waals surface area (Å²) in [6.07, 6.45) is 0. The normalized spacial score (nSPS) is 11.1. The van der Waals surface area contributed by atoms with Crippen LogP contribution in [0.25, 0.3) is 0 Å². The molecule has 1 aromatic carbocycles. The Bertz CT molecular complexity index is 385. The standard InChI is InChI=1S/C10H15NO3Si/c1-15(2,3)14-8-6-4-5-7(9(8)11)10(12)13/h4-6H,11H2,1-3H3,(H,12,13). The van der Waals surface area contributed by atoms with E-state index in [0.29, 0.717) is 5.75 Å². The molecule has 0 heterocycles. The summed E-state index contributed by atoms with van der Waals surface area (Å²) in [6.45, 7) is 6.04. The number of aromatic carboxylic acids is 1. The van der Waals surface area contributed by atoms with Crippen molar-refractivity contribution in [2.24, 2.45) is 0 Å². The fourth-order valence-electron chi connectivity index (χ4n) is 1.15. The minimum atomic E-state index is -1.76. The van der Waals surface area contributed by atoms with Crippen molar-refractivity contribution in [3.05, 3.63) is 23.8 Å². The summed E-state index contributed by atoms with van der Waals surface area (Å²) in [7, 11) is -1.76. The van der Waals surface area contributed by atoms with Crippen LogP contribution in [0.15, 0.2) is 18.2 Å². The predicted octanol–water partition coefficient (Wildman–Crippen LogP) is 2.18. The molecule has 82 valence electrons. The van der Waals surface area contributed by atoms with E-state index in [2.05, 4.69) is 0 Å². The Morgan fingerprint density at radius 2 is 2.00 bits per heavy atom. The molecule has 0 radical (unpaired) electrons. The molecule has 4 nitrogen and oxygen atoms in total. The van der Waals surface area contributed by atoms with Crippen LogP contribution < -0.4 is 10.2 Å². The quantitative estimate of drug-likeness (QED) is 0.611. The van der Waals surface area contributed by atoms with Gasteiger partial charge < -0.3 is 15.3 Å². The maximum atomic E-state index is 10.8. The maximum absolute atomic E-state index is 10.8. The van der Waals surface area contributed by atoms with E-state index < -0.39 is 14.3 Å². The minimum Gasteiger partial charge on any atom is -0.543 e. The Labute approximate surface area is 89.8 Å². The molecule has 15 heavy (non-hydrogen) atoms. The first-order valence-electron chi connectivity index (χ1n) is 4.62. The number of carbonyl (C=O) groups is 1. The second kappa shape index (κ2) is 3.94. The van der Waals surface area contributed by atoms with E-state index in [-0.39, 0.29) is 11.3 Å². The van der Waals surface area contributed by atoms with E-state index in [4.69, 9.17) is 15.3 Å². The number of hydrogen-bond acceptors (Lipinski definition) is 3. The highest BCUT2D eigenvalue weighted by atomic mass is 28.4. The molecule has 0 saturated carbocycles. The van der Waals surface area contributed by atoms with E-state index in [1.165, 1.54) is 6.07 Å². The van der Waals surface area contributed by atoms with E-state index in [1.54, 1.807) is 12.1 Å². The van der Waals surface area contributed by atoms with Gasteiger partial charge in [-0.25, -0.2) is 4.79 Å². The van der Waals surface area contributed by atoms with Gasteiger partial charge in [0.05, 0.1) is 11.3 Å². The highest BCUT2D eigenvalue weighted by molar-refractivity contribution is 6.70. The van der Waals surface area contributed by atoms with E-state index in [0.717, 1.165) is 0 Å². The molecule has 0 aliphatic rings. The Morgan fingerprint density at radius 3 is 2.47 bits per heavy atom. The predicted molar refractivity (Wildman–Crippen MR) is 61.8 cm³/mol. The molecule has 0 fully saturated rings. The van der Waals surface area contributed by atoms with Gasteiger partial charge in [0.25, 0.3) is 0 Å². The van der Waals surface area contributed by atoms with Crippen LogP contribution in [0.3, 0.4) is 0 Å². The summed E-state index contributed by atoms with van der Waals surface area (Å²) in [5.41, 5.74) is 6.00. The Morgan fingerprint density at radius 1 is 1.40 bits per heavy atom. The molecule has 0 bridgehead atoms. The summed E-state index contributed by atoms with van der Waals surface area (Å²) < 4.78 is 5.67. The summed E-state index contributed by atoms with van der Waals surface area (Å²) in [5, 5.41) is 8.86. The van der Waals surface area contributed by atoms with E-state index >= 15 is 0 Å². The second-order valence-electron chi connectivity index (χ2n) is 4.24. The molecule has 0 spiro atoms. The molecule has 0 amide bonds. The van der Waals surface area contributed by atoms with Gasteiger partial charge in [0.1, 0.15) is 5.75 Å². The first kappa shape index (κ1) is 11.6. The van der Waals surface area contributed by atoms with Crippen LogP contribution in [0.1, 0.15) is 10.4 Å². The van der Waals surface area contributed by atoms with Gasteiger partial charge in [-0.2, -0.15) is 0 Å². The monoisotopic (exact) mass is 225 g/mol. The first-order chi connectivity index (χ1) is 6.81. The molecule has 0 saturated heterocycles. The highest BCUT2D eigenvalue weighted by Gasteiger charge is 2.19. The fraction of sp³-hybridized carbons (Fsp3) is 0.300. The first-order valence-corrected chi connectivity index (χ1v) is 8.03. The molecular formula is C10H15NO3Si. The average Bonchev–Trinajstić information content (AvgIpc) is 2.05. The van der Waals surface area contributed by atoms with Crippen molar-refractivity contribution in [3.8, 4) is 5.75 Å². The zero-order valence-corrected chi connectivity index (χ0v) is 10.1. The van der Waals surface area contributed by atoms with Gasteiger partial charge in [-0.15, -0.1) is 0 Å². The molecular weight excluding hydrogens is 210 g/mol. The lowest BCUT2D eigenvalue weighted by Gasteiger charge is -2.20. The van der Waals surface area contributed by atoms with Crippen LogP contribution in [0.5, 0.6) is 5.75 Å². The lowest BCUT2D eigenvalue weighted by molar-refractivity contribution is 0.0698. The summed E-state index contributed by atoms with van der Waals surface area (Å²) in [4.78, 5) is 10.8. The number of rotatable bonds is 3. The smallest absolute Gasteiger partial charge is 0.337 e. The SMILES string of the molecule is C[Si](C)(C)Oc1cccc(C(=O)O)c1N. The van der Waals surface area contributed by atoms with Gasteiger partial charge in [0.15, 0.2) is 0 Å². The van der Waals surface area contributed by atoms with Crippen LogP contribution in [-0.2, 0) is 0 Å². The largest absolute Gasteiger partial charge is 0.543 e. The van der Waals surface area contributed by atoms with Gasteiger partial charge in [0.2, 0.25) is 8.32 Å². The molecule has 1 rings (SSSR count). The van der Waals surface area contributed by atoms with Crippen molar-refractivity contribution >= 4 is 20.0 Å². The number of benzene rings is 1. The van der Waals surface area contributed by atoms with Gasteiger partial charge in [-0.1, -0.05) is 6.07 Å². The van der Waals surface area contributed by atoms with Crippen molar-refractivity contribution in [2.75, 3.05) is 5.73 Å². The van der Waals surface area contributed by atoms with Crippen molar-refractivity contribution in [3.63, 3.8) is 0 Å². The zero-order valence-electron chi connectivity index (χ0n) is 9.07. The van der Waals surface area contributed by atoms with Crippen LogP contribution in [0, 0.1) is 0 Å². The summed E-state index contributed by atoms with van der Waals surface area (Å²) in [5.74, 6) is -0.567. The number of hydrogen-bond donors (Lipinski definition) is 2. The van der Waals surface area contributed by atoms with Crippen LogP contribution in [0.4, 0.5) is 5.69 Å². The van der Waals surface area contributed by atoms with Crippen LogP contribution in [-0.4, -0.2) is 19.4 Å². The van der Waals surface area contributed by atoms with Gasteiger partial charge in [0, 0.05) is 0 Å². The van der Waals surface area contributed by atoms with Crippen LogP contribution in [0.2, 0.25) is 19.6 Å². The van der Waals surface area contributed by atoms with Crippen molar-refractivity contribution < 1.29 is 14.3 Å². The molecule has 0 atom stereocenters. The average molecular weight is 225 g/mol. The van der Waals surface area contributed by atoms with Gasteiger partial charge >= 0.3 is 5.97 Å². The maximum Gasteiger partial charge on any atom is 0.337 e. The zero-order chi connectivity index (χ0) is 11.6. The lowest BCUT2D eigenvalue weighted by Crippen LogP contribution is -2.29. The number of carboxylic acid groups (broad SMARTS) is 1. The molecule has 0 aromatic heterocycles. The molecule has 0 aliphatic heterocycles. The number of nitrogen functional groups attached to an aromatic ring is 1. The second-order valence-corrected chi connectivity index (χ2v) is 8.67. The highest BCUT2D eigenvalue weighted by Crippen LogP contribution is 2.27. The number of anilines is 1. The number of nitrogens with two attached hydrogens (primary N) is 1. The lowest BCUT2D eigenvalue weighted by atomic mass is 10.2. The summed E-state index contributed by atoms with van der Waals surface area (Å²) in [6, 6.07) is 4.80. The fourth-order valence-corrected chi connectivity index (χ4v) is 1.99. The molecule has 0 unspecified atom stereocenters. The topological polar surface area (TPSA) is 72.5 Å². The molecule has 0 aliphatic carbocycles. The van der Waals surface area contributed by atoms with Gasteiger partial charge in [-0.05, 0) is 31.8 Å². The third-order valence-corrected chi connectivity index (χ3v) is 2.54. The van der Waals surface area contributed by atoms with Crippen molar-refractivity contribution in [1.82, 2.24) is 0 Å². The van der Waals surface area contributed by atoms with Crippen molar-refractivity contribution in [1.29, 1.82) is 0 Å². The molecule has 3 N–H and O–H groups in total. The summed E-state index contributed by atoms with van der Waals surface area (Å²) >= 11 is 0. The minimum absolute atomic E-state index is 0.0887. The Hall–Kier alpha value is -1.49. The number of para-hydroxylation sites is 1. The molecule has 1 aromatic rings.